The van der Waals surface area contributed by atoms with Gasteiger partial charge in [0.2, 0.25) is 5.91 Å². The van der Waals surface area contributed by atoms with Crippen LogP contribution in [0.15, 0.2) is 30.3 Å². The van der Waals surface area contributed by atoms with Gasteiger partial charge < -0.3 is 16.4 Å². The highest BCUT2D eigenvalue weighted by Crippen LogP contribution is 2.31. The second kappa shape index (κ2) is 7.93. The number of nitrogens with one attached hydrogen (secondary N) is 2. The Morgan fingerprint density at radius 2 is 1.78 bits per heavy atom. The van der Waals surface area contributed by atoms with Gasteiger partial charge in [0.1, 0.15) is 0 Å². The Morgan fingerprint density at radius 1 is 1.17 bits per heavy atom. The third kappa shape index (κ3) is 4.79. The predicted octanol–water partition coefficient (Wildman–Crippen LogP) is 2.75. The number of nitrogens with two attached hydrogens (primary N) is 1. The molecule has 1 aliphatic carbocycles. The van der Waals surface area contributed by atoms with Crippen LogP contribution in [0, 0.1) is 5.92 Å². The molecule has 128 valence electrons. The average Bonchev–Trinajstić information content (AvgIpc) is 3.01. The highest BCUT2D eigenvalue weighted by atomic mass is 16.2. The number of benzene rings is 1. The first kappa shape index (κ1) is 18.0. The molecule has 2 atom stereocenters. The topological polar surface area (TPSA) is 67.1 Å². The van der Waals surface area contributed by atoms with E-state index in [1.165, 1.54) is 18.4 Å². The Hall–Kier alpha value is -1.39. The summed E-state index contributed by atoms with van der Waals surface area (Å²) in [5.41, 5.74) is 7.22. The minimum absolute atomic E-state index is 0.0123. The van der Waals surface area contributed by atoms with Gasteiger partial charge in [-0.15, -0.1) is 0 Å². The van der Waals surface area contributed by atoms with E-state index in [2.05, 4.69) is 41.8 Å². The minimum atomic E-state index is -0.431. The number of carbonyl (C=O) groups excluding carboxylic acids is 1. The molecule has 0 bridgehead atoms. The molecule has 1 aromatic carbocycles. The minimum Gasteiger partial charge on any atom is -0.353 e. The molecule has 1 fully saturated rings. The van der Waals surface area contributed by atoms with Crippen LogP contribution in [0.4, 0.5) is 0 Å². The van der Waals surface area contributed by atoms with Crippen molar-refractivity contribution in [3.05, 3.63) is 35.9 Å². The van der Waals surface area contributed by atoms with Gasteiger partial charge in [0.25, 0.3) is 0 Å². The number of rotatable bonds is 7. The highest BCUT2D eigenvalue weighted by Gasteiger charge is 2.35. The van der Waals surface area contributed by atoms with Gasteiger partial charge >= 0.3 is 0 Å². The molecule has 2 rings (SSSR count). The van der Waals surface area contributed by atoms with Crippen LogP contribution in [0.1, 0.15) is 58.1 Å². The van der Waals surface area contributed by atoms with Crippen LogP contribution in [0.3, 0.4) is 0 Å². The largest absolute Gasteiger partial charge is 0.353 e. The van der Waals surface area contributed by atoms with Gasteiger partial charge in [0.15, 0.2) is 0 Å². The van der Waals surface area contributed by atoms with Crippen molar-refractivity contribution < 1.29 is 4.79 Å². The zero-order valence-electron chi connectivity index (χ0n) is 14.6. The number of carbonyl (C=O) groups is 1. The van der Waals surface area contributed by atoms with Gasteiger partial charge in [-0.2, -0.15) is 0 Å². The molecule has 4 heteroatoms. The second-order valence-electron chi connectivity index (χ2n) is 7.25. The van der Waals surface area contributed by atoms with Crippen LogP contribution in [0.25, 0.3) is 0 Å². The molecule has 0 aromatic heterocycles. The molecule has 1 aliphatic rings. The summed E-state index contributed by atoms with van der Waals surface area (Å²) in [5, 5.41) is 6.85. The van der Waals surface area contributed by atoms with E-state index in [9.17, 15) is 4.79 Å². The fourth-order valence-electron chi connectivity index (χ4n) is 3.39. The Labute approximate surface area is 140 Å². The van der Waals surface area contributed by atoms with Gasteiger partial charge in [-0.05, 0) is 31.2 Å². The van der Waals surface area contributed by atoms with Crippen molar-refractivity contribution >= 4 is 5.91 Å². The van der Waals surface area contributed by atoms with E-state index in [1.807, 2.05) is 19.9 Å². The fraction of sp³-hybridized carbons (Fsp3) is 0.632. The number of hydrogen-bond acceptors (Lipinski definition) is 3. The van der Waals surface area contributed by atoms with Crippen molar-refractivity contribution in [2.45, 2.75) is 64.1 Å². The Kier molecular flexibility index (Phi) is 6.19. The SMILES string of the molecule is CC(NC1(CNC(=O)[C@@H](N)C(C)C)CCCC1)c1ccccc1. The normalized spacial score (nSPS) is 19.5. The molecule has 0 aliphatic heterocycles. The molecule has 1 aromatic rings. The van der Waals surface area contributed by atoms with Crippen molar-refractivity contribution in [2.24, 2.45) is 11.7 Å². The van der Waals surface area contributed by atoms with Gasteiger partial charge in [-0.1, -0.05) is 57.0 Å². The van der Waals surface area contributed by atoms with Gasteiger partial charge in [-0.25, -0.2) is 0 Å². The zero-order chi connectivity index (χ0) is 16.9. The van der Waals surface area contributed by atoms with Crippen molar-refractivity contribution in [1.29, 1.82) is 0 Å². The van der Waals surface area contributed by atoms with Crippen LogP contribution in [0.2, 0.25) is 0 Å². The van der Waals surface area contributed by atoms with E-state index in [0.29, 0.717) is 6.54 Å². The summed E-state index contributed by atoms with van der Waals surface area (Å²) in [6.45, 7) is 6.80. The lowest BCUT2D eigenvalue weighted by atomic mass is 9.94. The molecule has 1 saturated carbocycles. The molecule has 0 heterocycles. The van der Waals surface area contributed by atoms with Crippen molar-refractivity contribution in [3.63, 3.8) is 0 Å². The molecule has 1 amide bonds. The maximum absolute atomic E-state index is 12.2. The maximum Gasteiger partial charge on any atom is 0.237 e. The highest BCUT2D eigenvalue weighted by molar-refractivity contribution is 5.81. The van der Waals surface area contributed by atoms with E-state index >= 15 is 0 Å². The second-order valence-corrected chi connectivity index (χ2v) is 7.25. The smallest absolute Gasteiger partial charge is 0.237 e. The Morgan fingerprint density at radius 3 is 2.35 bits per heavy atom. The van der Waals surface area contributed by atoms with E-state index in [4.69, 9.17) is 5.73 Å². The molecule has 4 nitrogen and oxygen atoms in total. The first-order valence-electron chi connectivity index (χ1n) is 8.79. The standard InChI is InChI=1S/C19H31N3O/c1-14(2)17(20)18(23)21-13-19(11-7-8-12-19)22-15(3)16-9-5-4-6-10-16/h4-6,9-10,14-15,17,22H,7-8,11-13,20H2,1-3H3,(H,21,23)/t15?,17-/m0/s1. The lowest BCUT2D eigenvalue weighted by molar-refractivity contribution is -0.123. The lowest BCUT2D eigenvalue weighted by Crippen LogP contribution is -2.55. The number of amides is 1. The summed E-state index contributed by atoms with van der Waals surface area (Å²) < 4.78 is 0. The quantitative estimate of drug-likeness (QED) is 0.724. The Bertz CT molecular complexity index is 495. The molecule has 0 radical (unpaired) electrons. The van der Waals surface area contributed by atoms with E-state index in [0.717, 1.165) is 12.8 Å². The van der Waals surface area contributed by atoms with E-state index in [1.54, 1.807) is 0 Å². The first-order chi connectivity index (χ1) is 10.9. The van der Waals surface area contributed by atoms with Crippen molar-refractivity contribution in [2.75, 3.05) is 6.54 Å². The molecule has 4 N–H and O–H groups in total. The molecular formula is C19H31N3O. The lowest BCUT2D eigenvalue weighted by Gasteiger charge is -2.35. The van der Waals surface area contributed by atoms with Crippen molar-refractivity contribution in [3.8, 4) is 0 Å². The summed E-state index contributed by atoms with van der Waals surface area (Å²) in [7, 11) is 0. The summed E-state index contributed by atoms with van der Waals surface area (Å²) in [4.78, 5) is 12.2. The Balaban J connectivity index is 1.98. The fourth-order valence-corrected chi connectivity index (χ4v) is 3.39. The average molecular weight is 317 g/mol. The first-order valence-corrected chi connectivity index (χ1v) is 8.79. The molecule has 23 heavy (non-hydrogen) atoms. The third-order valence-electron chi connectivity index (χ3n) is 5.00. The molecule has 0 saturated heterocycles. The third-order valence-corrected chi connectivity index (χ3v) is 5.00. The van der Waals surface area contributed by atoms with Gasteiger partial charge in [0, 0.05) is 18.1 Å². The van der Waals surface area contributed by atoms with Gasteiger partial charge in [-0.3, -0.25) is 4.79 Å². The zero-order valence-corrected chi connectivity index (χ0v) is 14.6. The maximum atomic E-state index is 12.2. The molecule has 0 spiro atoms. The number of hydrogen-bond donors (Lipinski definition) is 3. The predicted molar refractivity (Wildman–Crippen MR) is 95.0 cm³/mol. The summed E-state index contributed by atoms with van der Waals surface area (Å²) in [5.74, 6) is 0.117. The van der Waals surface area contributed by atoms with E-state index in [-0.39, 0.29) is 23.4 Å². The van der Waals surface area contributed by atoms with Crippen LogP contribution < -0.4 is 16.4 Å². The molecule has 1 unspecified atom stereocenters. The summed E-state index contributed by atoms with van der Waals surface area (Å²) in [6.07, 6.45) is 4.62. The van der Waals surface area contributed by atoms with Crippen molar-refractivity contribution in [1.82, 2.24) is 10.6 Å². The van der Waals surface area contributed by atoms with Crippen LogP contribution in [0.5, 0.6) is 0 Å². The molecular weight excluding hydrogens is 286 g/mol. The monoisotopic (exact) mass is 317 g/mol. The van der Waals surface area contributed by atoms with Gasteiger partial charge in [0.05, 0.1) is 6.04 Å². The van der Waals surface area contributed by atoms with Crippen LogP contribution in [-0.4, -0.2) is 24.0 Å². The van der Waals surface area contributed by atoms with Crippen LogP contribution in [-0.2, 0) is 4.79 Å². The summed E-state index contributed by atoms with van der Waals surface area (Å²) >= 11 is 0. The van der Waals surface area contributed by atoms with E-state index < -0.39 is 6.04 Å². The van der Waals surface area contributed by atoms with Crippen LogP contribution >= 0.6 is 0 Å². The summed E-state index contributed by atoms with van der Waals surface area (Å²) in [6, 6.07) is 10.3.